The van der Waals surface area contributed by atoms with Crippen LogP contribution in [-0.4, -0.2) is 58.7 Å². The summed E-state index contributed by atoms with van der Waals surface area (Å²) in [6.07, 6.45) is 38.8. The number of rotatable bonds is 41. The highest BCUT2D eigenvalue weighted by molar-refractivity contribution is 7.80. The van der Waals surface area contributed by atoms with Crippen LogP contribution in [0.2, 0.25) is 0 Å². The standard InChI is InChI=1S/C44H82NO9PS/c1-3-5-7-9-11-13-15-17-19-21-23-25-27-29-31-33-43(47)52-39-41(37-40(38-53-55(49,50)51)45-42(46)35-36-56)54-44(48)34-32-30-28-26-24-22-20-18-16-14-12-10-8-6-4-2/h17-20,40-41,56H,3-16,21-39H2,1-2H3,(H,45,46)(H2,49,50,51)/b19-17-,20-18-/t40?,41-/m1/s1. The van der Waals surface area contributed by atoms with E-state index in [0.717, 1.165) is 70.6 Å². The number of ether oxygens (including phenoxy) is 2. The summed E-state index contributed by atoms with van der Waals surface area (Å²) < 4.78 is 27.3. The average Bonchev–Trinajstić information content (AvgIpc) is 3.15. The number of carbonyl (C=O) groups excluding carboxylic acids is 3. The number of unbranched alkanes of at least 4 members (excludes halogenated alkanes) is 22. The quantitative estimate of drug-likeness (QED) is 0.0155. The molecule has 0 spiro atoms. The highest BCUT2D eigenvalue weighted by Gasteiger charge is 2.26. The molecule has 0 aliphatic carbocycles. The lowest BCUT2D eigenvalue weighted by atomic mass is 10.1. The second kappa shape index (κ2) is 40.1. The van der Waals surface area contributed by atoms with Gasteiger partial charge in [-0.15, -0.1) is 0 Å². The number of amides is 1. The number of hydrogen-bond acceptors (Lipinski definition) is 8. The van der Waals surface area contributed by atoms with E-state index < -0.39 is 38.5 Å². The maximum atomic E-state index is 12.9. The smallest absolute Gasteiger partial charge is 0.462 e. The third-order valence-corrected chi connectivity index (χ3v) is 10.4. The van der Waals surface area contributed by atoms with Crippen molar-refractivity contribution in [1.29, 1.82) is 0 Å². The van der Waals surface area contributed by atoms with Crippen molar-refractivity contribution in [2.24, 2.45) is 0 Å². The van der Waals surface area contributed by atoms with Gasteiger partial charge in [-0.2, -0.15) is 12.6 Å². The summed E-state index contributed by atoms with van der Waals surface area (Å²) in [5.74, 6) is -0.959. The zero-order valence-electron chi connectivity index (χ0n) is 35.4. The number of phosphoric acid groups is 1. The highest BCUT2D eigenvalue weighted by Crippen LogP contribution is 2.36. The van der Waals surface area contributed by atoms with Gasteiger partial charge in [0.25, 0.3) is 0 Å². The summed E-state index contributed by atoms with van der Waals surface area (Å²) in [7, 11) is -4.82. The zero-order chi connectivity index (χ0) is 41.4. The van der Waals surface area contributed by atoms with E-state index in [0.29, 0.717) is 12.8 Å². The second-order valence-electron chi connectivity index (χ2n) is 15.2. The van der Waals surface area contributed by atoms with Crippen LogP contribution in [0.5, 0.6) is 0 Å². The first-order valence-electron chi connectivity index (χ1n) is 22.4. The molecule has 1 unspecified atom stereocenters. The molecule has 0 rings (SSSR count). The fraction of sp³-hybridized carbons (Fsp3) is 0.841. The van der Waals surface area contributed by atoms with Crippen LogP contribution in [0.15, 0.2) is 24.3 Å². The van der Waals surface area contributed by atoms with Crippen molar-refractivity contribution < 1.29 is 42.7 Å². The first kappa shape index (κ1) is 54.3. The van der Waals surface area contributed by atoms with E-state index in [-0.39, 0.29) is 44.0 Å². The summed E-state index contributed by atoms with van der Waals surface area (Å²) in [5, 5.41) is 2.67. The molecule has 0 aromatic carbocycles. The molecule has 0 saturated heterocycles. The molecule has 0 aliphatic rings. The topological polar surface area (TPSA) is 148 Å². The molecule has 0 aromatic rings. The van der Waals surface area contributed by atoms with Crippen LogP contribution in [0.4, 0.5) is 0 Å². The number of hydrogen-bond donors (Lipinski definition) is 4. The van der Waals surface area contributed by atoms with Crippen LogP contribution in [0.25, 0.3) is 0 Å². The van der Waals surface area contributed by atoms with Gasteiger partial charge in [0.05, 0.1) is 12.6 Å². The predicted octanol–water partition coefficient (Wildman–Crippen LogP) is 11.8. The van der Waals surface area contributed by atoms with E-state index in [1.54, 1.807) is 0 Å². The SMILES string of the molecule is CCCCCCCC/C=C\CCCCCCCC(=O)OC[C@@H](CC(COP(=O)(O)O)NC(=O)CCS)OC(=O)CCCCCCC/C=C\CCCCCCCC. The van der Waals surface area contributed by atoms with Crippen molar-refractivity contribution in [3.63, 3.8) is 0 Å². The van der Waals surface area contributed by atoms with Gasteiger partial charge >= 0.3 is 19.8 Å². The number of carbonyl (C=O) groups is 3. The number of nitrogens with one attached hydrogen (secondary N) is 1. The van der Waals surface area contributed by atoms with Gasteiger partial charge in [0.15, 0.2) is 0 Å². The third kappa shape index (κ3) is 40.5. The largest absolute Gasteiger partial charge is 0.469 e. The highest BCUT2D eigenvalue weighted by atomic mass is 32.1. The van der Waals surface area contributed by atoms with Crippen LogP contribution in [0.3, 0.4) is 0 Å². The molecular formula is C44H82NO9PS. The van der Waals surface area contributed by atoms with E-state index in [1.807, 2.05) is 0 Å². The predicted molar refractivity (Wildman–Crippen MR) is 233 cm³/mol. The van der Waals surface area contributed by atoms with Crippen molar-refractivity contribution in [2.75, 3.05) is 19.0 Å². The minimum atomic E-state index is -4.82. The van der Waals surface area contributed by atoms with E-state index >= 15 is 0 Å². The van der Waals surface area contributed by atoms with E-state index in [1.165, 1.54) is 83.5 Å². The third-order valence-electron chi connectivity index (χ3n) is 9.71. The molecule has 0 bridgehead atoms. The molecule has 0 aromatic heterocycles. The minimum Gasteiger partial charge on any atom is -0.462 e. The fourth-order valence-corrected chi connectivity index (χ4v) is 6.98. The Labute approximate surface area is 347 Å². The Balaban J connectivity index is 4.65. The lowest BCUT2D eigenvalue weighted by molar-refractivity contribution is -0.160. The maximum Gasteiger partial charge on any atom is 0.469 e. The van der Waals surface area contributed by atoms with Gasteiger partial charge in [0, 0.05) is 25.7 Å². The van der Waals surface area contributed by atoms with Crippen LogP contribution in [0, 0.1) is 0 Å². The second-order valence-corrected chi connectivity index (χ2v) is 16.9. The van der Waals surface area contributed by atoms with Gasteiger partial charge in [-0.25, -0.2) is 4.57 Å². The fourth-order valence-electron chi connectivity index (χ4n) is 6.41. The number of phosphoric ester groups is 1. The maximum absolute atomic E-state index is 12.9. The minimum absolute atomic E-state index is 0.0445. The summed E-state index contributed by atoms with van der Waals surface area (Å²) in [6.45, 7) is 3.75. The Bertz CT molecular complexity index is 1050. The van der Waals surface area contributed by atoms with Gasteiger partial charge in [-0.3, -0.25) is 18.9 Å². The number of thiol groups is 1. The summed E-state index contributed by atoms with van der Waals surface area (Å²) in [4.78, 5) is 56.3. The Hall–Kier alpha value is -1.65. The molecular weight excluding hydrogens is 750 g/mol. The summed E-state index contributed by atoms with van der Waals surface area (Å²) >= 11 is 4.07. The molecule has 0 radical (unpaired) electrons. The molecule has 0 aliphatic heterocycles. The van der Waals surface area contributed by atoms with Crippen LogP contribution < -0.4 is 5.32 Å². The first-order chi connectivity index (χ1) is 27.1. The lowest BCUT2D eigenvalue weighted by Gasteiger charge is -2.25. The molecule has 56 heavy (non-hydrogen) atoms. The Kier molecular flexibility index (Phi) is 39.0. The Morgan fingerprint density at radius 1 is 0.589 bits per heavy atom. The Morgan fingerprint density at radius 3 is 1.43 bits per heavy atom. The zero-order valence-corrected chi connectivity index (χ0v) is 37.2. The molecule has 3 N–H and O–H groups in total. The monoisotopic (exact) mass is 832 g/mol. The first-order valence-corrected chi connectivity index (χ1v) is 24.5. The molecule has 12 heteroatoms. The molecule has 10 nitrogen and oxygen atoms in total. The van der Waals surface area contributed by atoms with Gasteiger partial charge in [0.2, 0.25) is 5.91 Å². The molecule has 1 amide bonds. The van der Waals surface area contributed by atoms with Gasteiger partial charge in [-0.05, 0) is 70.0 Å². The van der Waals surface area contributed by atoms with Crippen molar-refractivity contribution in [3.8, 4) is 0 Å². The van der Waals surface area contributed by atoms with Crippen LogP contribution in [0.1, 0.15) is 206 Å². The molecule has 0 fully saturated rings. The lowest BCUT2D eigenvalue weighted by Crippen LogP contribution is -2.42. The molecule has 0 heterocycles. The van der Waals surface area contributed by atoms with E-state index in [2.05, 4.69) is 60.6 Å². The van der Waals surface area contributed by atoms with E-state index in [4.69, 9.17) is 9.47 Å². The van der Waals surface area contributed by atoms with Gasteiger partial charge in [-0.1, -0.05) is 141 Å². The average molecular weight is 832 g/mol. The van der Waals surface area contributed by atoms with E-state index in [9.17, 15) is 28.7 Å². The van der Waals surface area contributed by atoms with Crippen LogP contribution in [-0.2, 0) is 32.9 Å². The summed E-state index contributed by atoms with van der Waals surface area (Å²) in [5.41, 5.74) is 0. The normalized spacial score (nSPS) is 13.0. The Morgan fingerprint density at radius 2 is 1.00 bits per heavy atom. The molecule has 328 valence electrons. The van der Waals surface area contributed by atoms with Crippen molar-refractivity contribution >= 4 is 38.3 Å². The van der Waals surface area contributed by atoms with Gasteiger partial charge < -0.3 is 24.6 Å². The molecule has 2 atom stereocenters. The van der Waals surface area contributed by atoms with Crippen molar-refractivity contribution in [3.05, 3.63) is 24.3 Å². The van der Waals surface area contributed by atoms with Crippen LogP contribution >= 0.6 is 20.5 Å². The molecule has 0 saturated carbocycles. The number of esters is 2. The van der Waals surface area contributed by atoms with Gasteiger partial charge in [0.1, 0.15) is 12.7 Å². The van der Waals surface area contributed by atoms with Crippen molar-refractivity contribution in [1.82, 2.24) is 5.32 Å². The number of allylic oxidation sites excluding steroid dienone is 4. The van der Waals surface area contributed by atoms with Crippen molar-refractivity contribution in [2.45, 2.75) is 219 Å². The summed E-state index contributed by atoms with van der Waals surface area (Å²) in [6, 6.07) is -0.892.